The zero-order valence-electron chi connectivity index (χ0n) is 14.9. The lowest BCUT2D eigenvalue weighted by atomic mass is 10.1. The van der Waals surface area contributed by atoms with Crippen molar-refractivity contribution in [2.45, 2.75) is 68.1 Å². The molecule has 0 N–H and O–H groups in total. The Hall–Kier alpha value is -0.920. The molecule has 0 fully saturated rings. The first-order valence-corrected chi connectivity index (χ1v) is 10.6. The van der Waals surface area contributed by atoms with Gasteiger partial charge in [-0.3, -0.25) is 0 Å². The Morgan fingerprint density at radius 2 is 1.04 bits per heavy atom. The van der Waals surface area contributed by atoms with Crippen LogP contribution in [0.3, 0.4) is 0 Å². The first-order valence-electron chi connectivity index (χ1n) is 9.20. The second-order valence-corrected chi connectivity index (χ2v) is 7.42. The van der Waals surface area contributed by atoms with Crippen molar-refractivity contribution >= 4 is 23.4 Å². The third kappa shape index (κ3) is 11.6. The van der Waals surface area contributed by atoms with Gasteiger partial charge in [0.05, 0.1) is 0 Å². The van der Waals surface area contributed by atoms with E-state index >= 15 is 0 Å². The van der Waals surface area contributed by atoms with Gasteiger partial charge in [0.25, 0.3) is 0 Å². The molecule has 2 aromatic carbocycles. The van der Waals surface area contributed by atoms with Gasteiger partial charge in [0.1, 0.15) is 0 Å². The fraction of sp³-hybridized carbons (Fsp3) is 0.455. The van der Waals surface area contributed by atoms with E-state index in [-0.39, 0.29) is 0 Å². The summed E-state index contributed by atoms with van der Waals surface area (Å²) in [5.74, 6) is 0.842. The van der Waals surface area contributed by atoms with Crippen LogP contribution in [0, 0.1) is 0 Å². The molecule has 132 valence electrons. The monoisotopic (exact) mass is 362 g/mol. The number of hydrogen-bond acceptors (Lipinski definition) is 1. The van der Waals surface area contributed by atoms with Gasteiger partial charge < -0.3 is 0 Å². The molecular weight excluding hydrogens is 332 g/mol. The summed E-state index contributed by atoms with van der Waals surface area (Å²) in [6.07, 6.45) is 10.9. The van der Waals surface area contributed by atoms with Crippen molar-refractivity contribution in [2.75, 3.05) is 5.88 Å². The summed E-state index contributed by atoms with van der Waals surface area (Å²) in [5.41, 5.74) is 0. The molecule has 0 bridgehead atoms. The predicted octanol–water partition coefficient (Wildman–Crippen LogP) is 8.20. The average molecular weight is 363 g/mol. The second kappa shape index (κ2) is 15.6. The van der Waals surface area contributed by atoms with E-state index in [1.807, 2.05) is 12.1 Å². The first kappa shape index (κ1) is 21.1. The number of alkyl halides is 1. The summed E-state index contributed by atoms with van der Waals surface area (Å²) in [7, 11) is 0. The lowest BCUT2D eigenvalue weighted by molar-refractivity contribution is 0.586. The minimum Gasteiger partial charge on any atom is -0.127 e. The van der Waals surface area contributed by atoms with E-state index in [0.717, 1.165) is 5.88 Å². The summed E-state index contributed by atoms with van der Waals surface area (Å²) in [6.45, 7) is 2.26. The number of hydrogen-bond donors (Lipinski definition) is 0. The molecule has 0 heterocycles. The molecule has 24 heavy (non-hydrogen) atoms. The maximum absolute atomic E-state index is 5.56. The molecule has 0 aliphatic rings. The third-order valence-electron chi connectivity index (χ3n) is 3.71. The molecule has 0 saturated heterocycles. The van der Waals surface area contributed by atoms with Crippen LogP contribution in [0.25, 0.3) is 0 Å². The average Bonchev–Trinajstić information content (AvgIpc) is 2.63. The smallest absolute Gasteiger partial charge is 0.0223 e. The summed E-state index contributed by atoms with van der Waals surface area (Å²) in [5, 5.41) is 0. The van der Waals surface area contributed by atoms with Crippen LogP contribution < -0.4 is 0 Å². The molecule has 2 aromatic rings. The highest BCUT2D eigenvalue weighted by atomic mass is 35.5. The molecular formula is C22H31ClS. The van der Waals surface area contributed by atoms with Gasteiger partial charge in [-0.15, -0.1) is 11.6 Å². The molecule has 0 aromatic heterocycles. The largest absolute Gasteiger partial charge is 0.127 e. The Labute approximate surface area is 158 Å². The fourth-order valence-electron chi connectivity index (χ4n) is 2.34. The quantitative estimate of drug-likeness (QED) is 0.303. The Bertz CT molecular complexity index is 438. The molecule has 0 radical (unpaired) electrons. The van der Waals surface area contributed by atoms with Crippen LogP contribution in [0.4, 0.5) is 0 Å². The Morgan fingerprint density at radius 1 is 0.625 bits per heavy atom. The standard InChI is InChI=1S/C12H10S.C10H21Cl/c1-3-7-11(8-4-1)13-12-9-5-2-6-10-12;1-2-3-4-5-6-7-8-9-10-11/h1-10H;2-10H2,1H3. The van der Waals surface area contributed by atoms with E-state index in [9.17, 15) is 0 Å². The molecule has 0 amide bonds. The van der Waals surface area contributed by atoms with Crippen molar-refractivity contribution in [1.29, 1.82) is 0 Å². The van der Waals surface area contributed by atoms with Crippen molar-refractivity contribution in [3.63, 3.8) is 0 Å². The molecule has 2 rings (SSSR count). The van der Waals surface area contributed by atoms with Crippen molar-refractivity contribution in [2.24, 2.45) is 0 Å². The minimum absolute atomic E-state index is 0.842. The Kier molecular flexibility index (Phi) is 13.7. The molecule has 0 nitrogen and oxygen atoms in total. The van der Waals surface area contributed by atoms with Crippen LogP contribution >= 0.6 is 23.4 Å². The van der Waals surface area contributed by atoms with Gasteiger partial charge in [-0.2, -0.15) is 0 Å². The number of benzene rings is 2. The maximum Gasteiger partial charge on any atom is 0.0223 e. The topological polar surface area (TPSA) is 0 Å². The van der Waals surface area contributed by atoms with E-state index in [4.69, 9.17) is 11.6 Å². The predicted molar refractivity (Wildman–Crippen MR) is 110 cm³/mol. The van der Waals surface area contributed by atoms with E-state index in [2.05, 4.69) is 55.5 Å². The van der Waals surface area contributed by atoms with Gasteiger partial charge in [-0.1, -0.05) is 100 Å². The summed E-state index contributed by atoms with van der Waals surface area (Å²) in [6, 6.07) is 20.8. The molecule has 0 aliphatic heterocycles. The normalized spacial score (nSPS) is 10.1. The maximum atomic E-state index is 5.56. The lowest BCUT2D eigenvalue weighted by Crippen LogP contribution is -1.80. The number of unbranched alkanes of at least 4 members (excludes halogenated alkanes) is 7. The minimum atomic E-state index is 0.842. The lowest BCUT2D eigenvalue weighted by Gasteiger charge is -1.99. The van der Waals surface area contributed by atoms with Crippen molar-refractivity contribution in [3.05, 3.63) is 60.7 Å². The molecule has 0 spiro atoms. The van der Waals surface area contributed by atoms with Crippen molar-refractivity contribution in [1.82, 2.24) is 0 Å². The zero-order chi connectivity index (χ0) is 17.3. The summed E-state index contributed by atoms with van der Waals surface area (Å²) < 4.78 is 0. The van der Waals surface area contributed by atoms with Gasteiger partial charge in [0.2, 0.25) is 0 Å². The SMILES string of the molecule is CCCCCCCCCCCl.c1ccc(Sc2ccccc2)cc1. The van der Waals surface area contributed by atoms with Gasteiger partial charge in [0.15, 0.2) is 0 Å². The van der Waals surface area contributed by atoms with Crippen LogP contribution in [0.5, 0.6) is 0 Å². The van der Waals surface area contributed by atoms with Gasteiger partial charge in [0, 0.05) is 15.7 Å². The molecule has 0 saturated carbocycles. The zero-order valence-corrected chi connectivity index (χ0v) is 16.5. The molecule has 0 aliphatic carbocycles. The Morgan fingerprint density at radius 3 is 1.46 bits per heavy atom. The van der Waals surface area contributed by atoms with E-state index in [1.54, 1.807) is 11.8 Å². The summed E-state index contributed by atoms with van der Waals surface area (Å²) in [4.78, 5) is 2.57. The summed E-state index contributed by atoms with van der Waals surface area (Å²) >= 11 is 7.35. The van der Waals surface area contributed by atoms with Crippen LogP contribution in [0.1, 0.15) is 58.3 Å². The molecule has 2 heteroatoms. The highest BCUT2D eigenvalue weighted by molar-refractivity contribution is 7.99. The first-order chi connectivity index (χ1) is 11.9. The number of rotatable bonds is 10. The highest BCUT2D eigenvalue weighted by Gasteiger charge is 1.93. The van der Waals surface area contributed by atoms with Gasteiger partial charge >= 0.3 is 0 Å². The van der Waals surface area contributed by atoms with Crippen LogP contribution in [-0.4, -0.2) is 5.88 Å². The number of halogens is 1. The van der Waals surface area contributed by atoms with Crippen molar-refractivity contribution in [3.8, 4) is 0 Å². The van der Waals surface area contributed by atoms with Crippen molar-refractivity contribution < 1.29 is 0 Å². The fourth-order valence-corrected chi connectivity index (χ4v) is 3.39. The van der Waals surface area contributed by atoms with Gasteiger partial charge in [-0.25, -0.2) is 0 Å². The van der Waals surface area contributed by atoms with Gasteiger partial charge in [-0.05, 0) is 30.7 Å². The molecule has 0 unspecified atom stereocenters. The second-order valence-electron chi connectivity index (χ2n) is 5.89. The van der Waals surface area contributed by atoms with E-state index in [0.29, 0.717) is 0 Å². The van der Waals surface area contributed by atoms with E-state index in [1.165, 1.54) is 61.2 Å². The molecule has 0 atom stereocenters. The van der Waals surface area contributed by atoms with E-state index < -0.39 is 0 Å². The highest BCUT2D eigenvalue weighted by Crippen LogP contribution is 2.26. The third-order valence-corrected chi connectivity index (χ3v) is 4.99. The Balaban J connectivity index is 0.000000245. The van der Waals surface area contributed by atoms with Crippen LogP contribution in [0.15, 0.2) is 70.5 Å². The van der Waals surface area contributed by atoms with Crippen LogP contribution in [0.2, 0.25) is 0 Å². The van der Waals surface area contributed by atoms with Crippen LogP contribution in [-0.2, 0) is 0 Å².